The van der Waals surface area contributed by atoms with Crippen LogP contribution < -0.4 is 5.32 Å². The lowest BCUT2D eigenvalue weighted by atomic mass is 9.83. The third kappa shape index (κ3) is 2.81. The summed E-state index contributed by atoms with van der Waals surface area (Å²) in [7, 11) is 0. The van der Waals surface area contributed by atoms with Crippen LogP contribution in [0.1, 0.15) is 44.6 Å². The molecule has 2 rings (SSSR count). The van der Waals surface area contributed by atoms with Gasteiger partial charge in [-0.15, -0.1) is 0 Å². The molecule has 1 N–H and O–H groups in total. The van der Waals surface area contributed by atoms with Gasteiger partial charge in [-0.3, -0.25) is 0 Å². The fourth-order valence-corrected chi connectivity index (χ4v) is 2.83. The van der Waals surface area contributed by atoms with E-state index in [1.165, 1.54) is 37.8 Å². The van der Waals surface area contributed by atoms with Crippen molar-refractivity contribution in [3.05, 3.63) is 29.6 Å². The summed E-state index contributed by atoms with van der Waals surface area (Å²) < 4.78 is 13.3. The van der Waals surface area contributed by atoms with Crippen molar-refractivity contribution in [1.29, 1.82) is 5.26 Å². The van der Waals surface area contributed by atoms with E-state index >= 15 is 0 Å². The van der Waals surface area contributed by atoms with Crippen LogP contribution in [0.15, 0.2) is 18.2 Å². The molecule has 1 aliphatic rings. The van der Waals surface area contributed by atoms with Crippen molar-refractivity contribution < 1.29 is 4.39 Å². The van der Waals surface area contributed by atoms with Crippen molar-refractivity contribution in [1.82, 2.24) is 0 Å². The number of nitriles is 1. The lowest BCUT2D eigenvalue weighted by molar-refractivity contribution is 0.307. The van der Waals surface area contributed by atoms with Crippen LogP contribution in [0.4, 0.5) is 10.1 Å². The molecule has 1 aromatic rings. The van der Waals surface area contributed by atoms with Gasteiger partial charge in [0.05, 0.1) is 11.6 Å². The first-order valence-corrected chi connectivity index (χ1v) is 6.62. The lowest BCUT2D eigenvalue weighted by Gasteiger charge is -2.28. The van der Waals surface area contributed by atoms with E-state index in [1.54, 1.807) is 6.07 Å². The fourth-order valence-electron chi connectivity index (χ4n) is 2.83. The van der Waals surface area contributed by atoms with Crippen LogP contribution in [0.25, 0.3) is 0 Å². The summed E-state index contributed by atoms with van der Waals surface area (Å²) >= 11 is 0. The first kappa shape index (κ1) is 12.9. The largest absolute Gasteiger partial charge is 0.384 e. The molecule has 0 amide bonds. The van der Waals surface area contributed by atoms with Crippen LogP contribution in [0.2, 0.25) is 0 Å². The second kappa shape index (κ2) is 5.39. The monoisotopic (exact) mass is 246 g/mol. The molecule has 1 aromatic carbocycles. The van der Waals surface area contributed by atoms with Gasteiger partial charge in [0.15, 0.2) is 0 Å². The minimum absolute atomic E-state index is 0.353. The SMILES string of the molecule is CCC1(CNc2cc(F)cc(C#N)c2)CCCC1. The van der Waals surface area contributed by atoms with Gasteiger partial charge in [-0.2, -0.15) is 5.26 Å². The second-order valence-corrected chi connectivity index (χ2v) is 5.25. The molecule has 1 aliphatic carbocycles. The first-order valence-electron chi connectivity index (χ1n) is 6.62. The summed E-state index contributed by atoms with van der Waals surface area (Å²) in [6.45, 7) is 3.09. The Kier molecular flexibility index (Phi) is 3.86. The van der Waals surface area contributed by atoms with Crippen molar-refractivity contribution >= 4 is 5.69 Å². The quantitative estimate of drug-likeness (QED) is 0.868. The van der Waals surface area contributed by atoms with E-state index < -0.39 is 0 Å². The van der Waals surface area contributed by atoms with E-state index in [0.29, 0.717) is 16.7 Å². The molecule has 0 unspecified atom stereocenters. The summed E-state index contributed by atoms with van der Waals surface area (Å²) in [6, 6.07) is 6.41. The Balaban J connectivity index is 2.06. The molecule has 0 atom stereocenters. The number of nitrogens with one attached hydrogen (secondary N) is 1. The lowest BCUT2D eigenvalue weighted by Crippen LogP contribution is -2.25. The highest BCUT2D eigenvalue weighted by Crippen LogP contribution is 2.40. The fraction of sp³-hybridized carbons (Fsp3) is 0.533. The van der Waals surface area contributed by atoms with Gasteiger partial charge >= 0.3 is 0 Å². The van der Waals surface area contributed by atoms with Crippen molar-refractivity contribution in [3.63, 3.8) is 0 Å². The molecule has 96 valence electrons. The third-order valence-corrected chi connectivity index (χ3v) is 4.11. The van der Waals surface area contributed by atoms with E-state index in [2.05, 4.69) is 12.2 Å². The van der Waals surface area contributed by atoms with Gasteiger partial charge in [0.2, 0.25) is 0 Å². The molecule has 0 spiro atoms. The predicted octanol–water partition coefficient (Wildman–Crippen LogP) is 4.08. The smallest absolute Gasteiger partial charge is 0.126 e. The number of benzene rings is 1. The second-order valence-electron chi connectivity index (χ2n) is 5.25. The molecule has 3 heteroatoms. The van der Waals surface area contributed by atoms with Crippen molar-refractivity contribution in [2.24, 2.45) is 5.41 Å². The molecule has 0 heterocycles. The number of halogens is 1. The molecule has 0 radical (unpaired) electrons. The predicted molar refractivity (Wildman–Crippen MR) is 70.8 cm³/mol. The van der Waals surface area contributed by atoms with Gasteiger partial charge in [-0.1, -0.05) is 19.8 Å². The van der Waals surface area contributed by atoms with Crippen molar-refractivity contribution in [2.75, 3.05) is 11.9 Å². The van der Waals surface area contributed by atoms with Crippen molar-refractivity contribution in [3.8, 4) is 6.07 Å². The average molecular weight is 246 g/mol. The highest BCUT2D eigenvalue weighted by atomic mass is 19.1. The highest BCUT2D eigenvalue weighted by Gasteiger charge is 2.31. The third-order valence-electron chi connectivity index (χ3n) is 4.11. The minimum atomic E-state index is -0.353. The standard InChI is InChI=1S/C15H19FN2/c1-2-15(5-3-4-6-15)11-18-14-8-12(10-17)7-13(16)9-14/h7-9,18H,2-6,11H2,1H3. The van der Waals surface area contributed by atoms with E-state index in [-0.39, 0.29) is 5.82 Å². The molecule has 0 saturated heterocycles. The van der Waals surface area contributed by atoms with E-state index in [0.717, 1.165) is 13.0 Å². The van der Waals surface area contributed by atoms with E-state index in [9.17, 15) is 4.39 Å². The zero-order chi connectivity index (χ0) is 13.0. The van der Waals surface area contributed by atoms with Crippen LogP contribution >= 0.6 is 0 Å². The normalized spacial score (nSPS) is 17.4. The Morgan fingerprint density at radius 1 is 1.33 bits per heavy atom. The van der Waals surface area contributed by atoms with Crippen LogP contribution in [0.3, 0.4) is 0 Å². The first-order chi connectivity index (χ1) is 8.67. The maximum absolute atomic E-state index is 13.3. The molecular weight excluding hydrogens is 227 g/mol. The Bertz CT molecular complexity index is 456. The summed E-state index contributed by atoms with van der Waals surface area (Å²) in [5, 5.41) is 12.1. The number of anilines is 1. The maximum Gasteiger partial charge on any atom is 0.126 e. The van der Waals surface area contributed by atoms with Crippen molar-refractivity contribution in [2.45, 2.75) is 39.0 Å². The van der Waals surface area contributed by atoms with E-state index in [4.69, 9.17) is 5.26 Å². The summed E-state index contributed by atoms with van der Waals surface area (Å²) in [5.41, 5.74) is 1.44. The van der Waals surface area contributed by atoms with Gasteiger partial charge in [-0.05, 0) is 42.9 Å². The van der Waals surface area contributed by atoms with E-state index in [1.807, 2.05) is 6.07 Å². The molecule has 0 aromatic heterocycles. The summed E-state index contributed by atoms with van der Waals surface area (Å²) in [6.07, 6.45) is 6.23. The minimum Gasteiger partial charge on any atom is -0.384 e. The highest BCUT2D eigenvalue weighted by molar-refractivity contribution is 5.49. The Morgan fingerprint density at radius 2 is 2.06 bits per heavy atom. The topological polar surface area (TPSA) is 35.8 Å². The Labute approximate surface area is 108 Å². The maximum atomic E-state index is 13.3. The molecule has 0 bridgehead atoms. The van der Waals surface area contributed by atoms with Gasteiger partial charge in [0.1, 0.15) is 5.82 Å². The van der Waals surface area contributed by atoms with Crippen LogP contribution in [0.5, 0.6) is 0 Å². The number of hydrogen-bond donors (Lipinski definition) is 1. The number of hydrogen-bond acceptors (Lipinski definition) is 2. The summed E-state index contributed by atoms with van der Waals surface area (Å²) in [5.74, 6) is -0.353. The number of nitrogens with zero attached hydrogens (tertiary/aromatic N) is 1. The van der Waals surface area contributed by atoms with Gasteiger partial charge in [0, 0.05) is 12.2 Å². The van der Waals surface area contributed by atoms with Crippen LogP contribution in [-0.2, 0) is 0 Å². The summed E-state index contributed by atoms with van der Waals surface area (Å²) in [4.78, 5) is 0. The molecule has 2 nitrogen and oxygen atoms in total. The number of rotatable bonds is 4. The average Bonchev–Trinajstić information content (AvgIpc) is 2.85. The molecule has 1 saturated carbocycles. The van der Waals surface area contributed by atoms with Gasteiger partial charge in [-0.25, -0.2) is 4.39 Å². The zero-order valence-corrected chi connectivity index (χ0v) is 10.8. The zero-order valence-electron chi connectivity index (χ0n) is 10.8. The molecule has 1 fully saturated rings. The molecule has 18 heavy (non-hydrogen) atoms. The van der Waals surface area contributed by atoms with Gasteiger partial charge in [0.25, 0.3) is 0 Å². The van der Waals surface area contributed by atoms with Crippen LogP contribution in [-0.4, -0.2) is 6.54 Å². The Hall–Kier alpha value is -1.56. The van der Waals surface area contributed by atoms with Crippen LogP contribution in [0, 0.1) is 22.6 Å². The molecule has 0 aliphatic heterocycles. The van der Waals surface area contributed by atoms with Gasteiger partial charge < -0.3 is 5.32 Å². The Morgan fingerprint density at radius 3 is 2.67 bits per heavy atom. The molecular formula is C15H19FN2.